The first-order chi connectivity index (χ1) is 14.4. The van der Waals surface area contributed by atoms with Gasteiger partial charge in [0.15, 0.2) is 0 Å². The summed E-state index contributed by atoms with van der Waals surface area (Å²) in [6.07, 6.45) is 1.16. The number of anilines is 3. The lowest BCUT2D eigenvalue weighted by Crippen LogP contribution is -2.30. The molecule has 3 aromatic rings. The van der Waals surface area contributed by atoms with Crippen LogP contribution in [0.4, 0.5) is 23.0 Å². The SMILES string of the molecule is COc1ccccc1C(=O)NNc1ncnc(Nc2ccc(C)c(C)c2)c1[N+](=O)[O-]. The van der Waals surface area contributed by atoms with Crippen LogP contribution in [0.1, 0.15) is 21.5 Å². The number of para-hydroxylation sites is 1. The number of hydrazine groups is 1. The van der Waals surface area contributed by atoms with Crippen LogP contribution in [0, 0.1) is 24.0 Å². The topological polar surface area (TPSA) is 131 Å². The summed E-state index contributed by atoms with van der Waals surface area (Å²) in [5, 5.41) is 14.6. The third-order valence-corrected chi connectivity index (χ3v) is 4.42. The highest BCUT2D eigenvalue weighted by Crippen LogP contribution is 2.31. The molecule has 30 heavy (non-hydrogen) atoms. The summed E-state index contributed by atoms with van der Waals surface area (Å²) in [5.41, 5.74) is 7.53. The third kappa shape index (κ3) is 4.43. The number of hydrogen-bond donors (Lipinski definition) is 3. The van der Waals surface area contributed by atoms with Crippen molar-refractivity contribution in [1.82, 2.24) is 15.4 Å². The van der Waals surface area contributed by atoms with Gasteiger partial charge in [0, 0.05) is 5.69 Å². The Morgan fingerprint density at radius 2 is 1.80 bits per heavy atom. The molecule has 1 aromatic heterocycles. The van der Waals surface area contributed by atoms with Crippen molar-refractivity contribution in [1.29, 1.82) is 0 Å². The molecule has 0 unspecified atom stereocenters. The van der Waals surface area contributed by atoms with E-state index in [0.717, 1.165) is 17.5 Å². The number of ether oxygens (including phenoxy) is 1. The Morgan fingerprint density at radius 1 is 1.07 bits per heavy atom. The fraction of sp³-hybridized carbons (Fsp3) is 0.150. The standard InChI is InChI=1S/C20H20N6O4/c1-12-8-9-14(10-13(12)2)23-18-17(26(28)29)19(22-11-21-18)24-25-20(27)15-6-4-5-7-16(15)30-3/h4-11H,1-3H3,(H,25,27)(H2,21,22,23,24). The van der Waals surface area contributed by atoms with Gasteiger partial charge < -0.3 is 10.1 Å². The fourth-order valence-electron chi connectivity index (χ4n) is 2.71. The molecule has 0 aliphatic rings. The number of carbonyl (C=O) groups is 1. The maximum Gasteiger partial charge on any atom is 0.355 e. The number of nitro groups is 1. The largest absolute Gasteiger partial charge is 0.496 e. The fourth-order valence-corrected chi connectivity index (χ4v) is 2.71. The number of rotatable bonds is 7. The van der Waals surface area contributed by atoms with Crippen LogP contribution in [-0.2, 0) is 0 Å². The second-order valence-electron chi connectivity index (χ2n) is 6.38. The Hall–Kier alpha value is -4.21. The highest BCUT2D eigenvalue weighted by molar-refractivity contribution is 5.97. The molecular formula is C20H20N6O4. The van der Waals surface area contributed by atoms with Crippen molar-refractivity contribution in [2.45, 2.75) is 13.8 Å². The summed E-state index contributed by atoms with van der Waals surface area (Å²) >= 11 is 0. The van der Waals surface area contributed by atoms with E-state index < -0.39 is 16.5 Å². The van der Waals surface area contributed by atoms with Crippen LogP contribution in [0.5, 0.6) is 5.75 Å². The van der Waals surface area contributed by atoms with Gasteiger partial charge in [-0.3, -0.25) is 25.8 Å². The molecule has 1 amide bonds. The van der Waals surface area contributed by atoms with Crippen molar-refractivity contribution in [3.63, 3.8) is 0 Å². The van der Waals surface area contributed by atoms with Crippen LogP contribution in [0.3, 0.4) is 0 Å². The number of nitrogens with zero attached hydrogens (tertiary/aromatic N) is 3. The van der Waals surface area contributed by atoms with Gasteiger partial charge >= 0.3 is 5.69 Å². The lowest BCUT2D eigenvalue weighted by atomic mass is 10.1. The van der Waals surface area contributed by atoms with Crippen molar-refractivity contribution < 1.29 is 14.5 Å². The van der Waals surface area contributed by atoms with E-state index in [-0.39, 0.29) is 17.2 Å². The predicted octanol–water partition coefficient (Wildman–Crippen LogP) is 3.51. The molecule has 10 nitrogen and oxygen atoms in total. The van der Waals surface area contributed by atoms with Crippen LogP contribution in [0.25, 0.3) is 0 Å². The molecule has 3 N–H and O–H groups in total. The number of aryl methyl sites for hydroxylation is 2. The summed E-state index contributed by atoms with van der Waals surface area (Å²) in [4.78, 5) is 31.4. The molecule has 0 fully saturated rings. The molecule has 10 heteroatoms. The van der Waals surface area contributed by atoms with Crippen molar-refractivity contribution in [3.8, 4) is 5.75 Å². The zero-order valence-corrected chi connectivity index (χ0v) is 16.6. The Labute approximate surface area is 172 Å². The summed E-state index contributed by atoms with van der Waals surface area (Å²) in [6, 6.07) is 12.2. The van der Waals surface area contributed by atoms with Gasteiger partial charge in [-0.15, -0.1) is 0 Å². The van der Waals surface area contributed by atoms with E-state index in [0.29, 0.717) is 11.4 Å². The summed E-state index contributed by atoms with van der Waals surface area (Å²) in [6.45, 7) is 3.91. The molecular weight excluding hydrogens is 388 g/mol. The van der Waals surface area contributed by atoms with Crippen LogP contribution in [0.2, 0.25) is 0 Å². The number of nitrogens with one attached hydrogen (secondary N) is 3. The molecule has 0 aliphatic heterocycles. The lowest BCUT2D eigenvalue weighted by molar-refractivity contribution is -0.383. The second-order valence-corrected chi connectivity index (χ2v) is 6.38. The van der Waals surface area contributed by atoms with Gasteiger partial charge in [0.05, 0.1) is 17.6 Å². The van der Waals surface area contributed by atoms with E-state index in [4.69, 9.17) is 4.74 Å². The third-order valence-electron chi connectivity index (χ3n) is 4.42. The Morgan fingerprint density at radius 3 is 2.50 bits per heavy atom. The first kappa shape index (κ1) is 20.5. The molecule has 1 heterocycles. The molecule has 2 aromatic carbocycles. The van der Waals surface area contributed by atoms with Gasteiger partial charge in [-0.05, 0) is 49.2 Å². The van der Waals surface area contributed by atoms with E-state index in [1.165, 1.54) is 7.11 Å². The quantitative estimate of drug-likeness (QED) is 0.400. The number of benzene rings is 2. The van der Waals surface area contributed by atoms with Gasteiger partial charge in [0.1, 0.15) is 12.1 Å². The van der Waals surface area contributed by atoms with Gasteiger partial charge in [-0.1, -0.05) is 18.2 Å². The Bertz CT molecular complexity index is 1100. The highest BCUT2D eigenvalue weighted by atomic mass is 16.6. The molecule has 0 atom stereocenters. The van der Waals surface area contributed by atoms with E-state index in [2.05, 4.69) is 26.1 Å². The summed E-state index contributed by atoms with van der Waals surface area (Å²) < 4.78 is 5.15. The second kappa shape index (κ2) is 8.86. The van der Waals surface area contributed by atoms with Gasteiger partial charge in [-0.25, -0.2) is 9.97 Å². The van der Waals surface area contributed by atoms with Crippen molar-refractivity contribution in [2.75, 3.05) is 17.9 Å². The zero-order valence-electron chi connectivity index (χ0n) is 16.6. The first-order valence-corrected chi connectivity index (χ1v) is 8.93. The monoisotopic (exact) mass is 408 g/mol. The Balaban J connectivity index is 1.84. The molecule has 0 saturated carbocycles. The average molecular weight is 408 g/mol. The van der Waals surface area contributed by atoms with Gasteiger partial charge in [0.25, 0.3) is 5.91 Å². The van der Waals surface area contributed by atoms with Gasteiger partial charge in [0.2, 0.25) is 11.6 Å². The maximum absolute atomic E-state index is 12.4. The smallest absolute Gasteiger partial charge is 0.355 e. The number of methoxy groups -OCH3 is 1. The molecule has 3 rings (SSSR count). The summed E-state index contributed by atoms with van der Waals surface area (Å²) in [5.74, 6) is -0.341. The van der Waals surface area contributed by atoms with E-state index >= 15 is 0 Å². The molecule has 0 saturated heterocycles. The first-order valence-electron chi connectivity index (χ1n) is 8.93. The number of hydrogen-bond acceptors (Lipinski definition) is 8. The minimum absolute atomic E-state index is 0.00714. The highest BCUT2D eigenvalue weighted by Gasteiger charge is 2.24. The van der Waals surface area contributed by atoms with E-state index in [1.807, 2.05) is 26.0 Å². The van der Waals surface area contributed by atoms with Crippen LogP contribution in [0.15, 0.2) is 48.8 Å². The van der Waals surface area contributed by atoms with Crippen molar-refractivity contribution in [2.24, 2.45) is 0 Å². The molecule has 0 bridgehead atoms. The minimum atomic E-state index is -0.624. The van der Waals surface area contributed by atoms with Crippen LogP contribution < -0.4 is 20.9 Å². The number of amides is 1. The van der Waals surface area contributed by atoms with Crippen molar-refractivity contribution >= 4 is 28.9 Å². The van der Waals surface area contributed by atoms with Gasteiger partial charge in [-0.2, -0.15) is 0 Å². The molecule has 0 aliphatic carbocycles. The van der Waals surface area contributed by atoms with Crippen LogP contribution >= 0.6 is 0 Å². The normalized spacial score (nSPS) is 10.2. The number of carbonyl (C=O) groups excluding carboxylic acids is 1. The predicted molar refractivity (Wildman–Crippen MR) is 112 cm³/mol. The minimum Gasteiger partial charge on any atom is -0.496 e. The Kier molecular flexibility index (Phi) is 6.06. The number of aromatic nitrogens is 2. The molecule has 0 spiro atoms. The van der Waals surface area contributed by atoms with Crippen LogP contribution in [-0.4, -0.2) is 27.9 Å². The molecule has 154 valence electrons. The molecule has 0 radical (unpaired) electrons. The zero-order chi connectivity index (χ0) is 21.7. The van der Waals surface area contributed by atoms with E-state index in [1.54, 1.807) is 30.3 Å². The van der Waals surface area contributed by atoms with E-state index in [9.17, 15) is 14.9 Å². The lowest BCUT2D eigenvalue weighted by Gasteiger charge is -2.12. The average Bonchev–Trinajstić information content (AvgIpc) is 2.74. The summed E-state index contributed by atoms with van der Waals surface area (Å²) in [7, 11) is 1.44. The van der Waals surface area contributed by atoms with Crippen molar-refractivity contribution in [3.05, 3.63) is 75.6 Å². The maximum atomic E-state index is 12.4.